The van der Waals surface area contributed by atoms with Crippen molar-refractivity contribution in [2.24, 2.45) is 0 Å². The first kappa shape index (κ1) is 15.9. The second-order valence-corrected chi connectivity index (χ2v) is 7.15. The second-order valence-electron chi connectivity index (χ2n) is 7.15. The average Bonchev–Trinajstić information content (AvgIpc) is 3.12. The monoisotopic (exact) mass is 347 g/mol. The first-order valence-corrected chi connectivity index (χ1v) is 9.40. The van der Waals surface area contributed by atoms with Gasteiger partial charge in [0.05, 0.1) is 0 Å². The third-order valence-electron chi connectivity index (χ3n) is 5.51. The molecule has 0 amide bonds. The minimum atomic E-state index is 1.04. The van der Waals surface area contributed by atoms with Crippen LogP contribution in [-0.2, 0) is 6.42 Å². The van der Waals surface area contributed by atoms with Crippen LogP contribution in [0.25, 0.3) is 22.3 Å². The van der Waals surface area contributed by atoms with Gasteiger partial charge in [-0.2, -0.15) is 0 Å². The highest BCUT2D eigenvalue weighted by Crippen LogP contribution is 2.39. The Bertz CT molecular complexity index is 1110. The topological polar surface area (TPSA) is 3.24 Å². The molecule has 1 aliphatic rings. The lowest BCUT2D eigenvalue weighted by atomic mass is 9.98. The van der Waals surface area contributed by atoms with E-state index in [9.17, 15) is 0 Å². The summed E-state index contributed by atoms with van der Waals surface area (Å²) in [6.07, 6.45) is 1.04. The van der Waals surface area contributed by atoms with E-state index in [0.717, 1.165) is 6.42 Å². The Labute approximate surface area is 160 Å². The van der Waals surface area contributed by atoms with Crippen molar-refractivity contribution in [3.63, 3.8) is 0 Å². The highest BCUT2D eigenvalue weighted by molar-refractivity contribution is 5.82. The Balaban J connectivity index is 1.54. The summed E-state index contributed by atoms with van der Waals surface area (Å²) in [7, 11) is 2.12. The molecule has 1 nitrogen and oxygen atoms in total. The van der Waals surface area contributed by atoms with Crippen LogP contribution in [0.2, 0.25) is 0 Å². The fourth-order valence-electron chi connectivity index (χ4n) is 4.00. The van der Waals surface area contributed by atoms with E-state index >= 15 is 0 Å². The minimum absolute atomic E-state index is 1.04. The summed E-state index contributed by atoms with van der Waals surface area (Å²) in [5.41, 5.74) is 10.5. The number of hydrogen-bond acceptors (Lipinski definition) is 1. The van der Waals surface area contributed by atoms with Crippen LogP contribution in [0.5, 0.6) is 0 Å². The second kappa shape index (κ2) is 6.44. The molecule has 0 aromatic heterocycles. The molecule has 5 rings (SSSR count). The fourth-order valence-corrected chi connectivity index (χ4v) is 4.00. The fraction of sp³-hybridized carbons (Fsp3) is 0.0769. The van der Waals surface area contributed by atoms with Gasteiger partial charge < -0.3 is 4.90 Å². The van der Waals surface area contributed by atoms with Crippen molar-refractivity contribution in [1.82, 2.24) is 0 Å². The molecule has 4 aromatic rings. The molecule has 1 aliphatic carbocycles. The van der Waals surface area contributed by atoms with Gasteiger partial charge in [0.15, 0.2) is 0 Å². The number of rotatable bonds is 3. The van der Waals surface area contributed by atoms with Gasteiger partial charge >= 0.3 is 0 Å². The number of fused-ring (bicyclic) bond motifs is 3. The van der Waals surface area contributed by atoms with Gasteiger partial charge in [-0.05, 0) is 70.1 Å². The van der Waals surface area contributed by atoms with E-state index in [0.29, 0.717) is 0 Å². The molecule has 4 aromatic carbocycles. The number of benzene rings is 4. The standard InChI is InChI=1S/C26H21N/c1-27(23-10-3-2-4-11-23)24-12-7-9-19(17-24)20-14-15-22-16-21-8-5-6-13-25(21)26(22)18-20/h2-15,17-18H,16H2,1H3. The Morgan fingerprint density at radius 3 is 2.15 bits per heavy atom. The highest BCUT2D eigenvalue weighted by atomic mass is 15.1. The summed E-state index contributed by atoms with van der Waals surface area (Å²) in [5.74, 6) is 0. The molecule has 0 bridgehead atoms. The molecular formula is C26H21N. The summed E-state index contributed by atoms with van der Waals surface area (Å²) in [6, 6.07) is 34.9. The number of para-hydroxylation sites is 1. The highest BCUT2D eigenvalue weighted by Gasteiger charge is 2.18. The van der Waals surface area contributed by atoms with Gasteiger partial charge in [0.1, 0.15) is 0 Å². The van der Waals surface area contributed by atoms with Gasteiger partial charge in [-0.25, -0.2) is 0 Å². The Morgan fingerprint density at radius 1 is 0.556 bits per heavy atom. The molecule has 1 heteroatoms. The molecule has 0 spiro atoms. The summed E-state index contributed by atoms with van der Waals surface area (Å²) < 4.78 is 0. The Kier molecular flexibility index (Phi) is 3.79. The lowest BCUT2D eigenvalue weighted by Crippen LogP contribution is -2.08. The molecule has 0 unspecified atom stereocenters. The van der Waals surface area contributed by atoms with E-state index < -0.39 is 0 Å². The molecule has 0 N–H and O–H groups in total. The lowest BCUT2D eigenvalue weighted by molar-refractivity contribution is 1.21. The van der Waals surface area contributed by atoms with Crippen molar-refractivity contribution in [1.29, 1.82) is 0 Å². The van der Waals surface area contributed by atoms with E-state index in [1.165, 1.54) is 44.8 Å². The zero-order chi connectivity index (χ0) is 18.2. The van der Waals surface area contributed by atoms with Crippen molar-refractivity contribution >= 4 is 11.4 Å². The van der Waals surface area contributed by atoms with E-state index in [1.807, 2.05) is 0 Å². The number of anilines is 2. The van der Waals surface area contributed by atoms with Crippen LogP contribution in [0.1, 0.15) is 11.1 Å². The van der Waals surface area contributed by atoms with Crippen LogP contribution in [0.15, 0.2) is 97.1 Å². The first-order chi connectivity index (χ1) is 13.3. The molecule has 0 heterocycles. The third kappa shape index (κ3) is 2.82. The van der Waals surface area contributed by atoms with Crippen molar-refractivity contribution in [2.45, 2.75) is 6.42 Å². The van der Waals surface area contributed by atoms with E-state index in [4.69, 9.17) is 0 Å². The molecule has 0 saturated carbocycles. The van der Waals surface area contributed by atoms with Gasteiger partial charge in [0.25, 0.3) is 0 Å². The zero-order valence-electron chi connectivity index (χ0n) is 15.4. The van der Waals surface area contributed by atoms with Gasteiger partial charge in [0.2, 0.25) is 0 Å². The van der Waals surface area contributed by atoms with Crippen LogP contribution in [0.4, 0.5) is 11.4 Å². The largest absolute Gasteiger partial charge is 0.345 e. The molecule has 0 saturated heterocycles. The zero-order valence-corrected chi connectivity index (χ0v) is 15.4. The third-order valence-corrected chi connectivity index (χ3v) is 5.51. The predicted molar refractivity (Wildman–Crippen MR) is 115 cm³/mol. The average molecular weight is 347 g/mol. The SMILES string of the molecule is CN(c1ccccc1)c1cccc(-c2ccc3c(c2)-c2ccccc2C3)c1. The molecular weight excluding hydrogens is 326 g/mol. The van der Waals surface area contributed by atoms with E-state index in [1.54, 1.807) is 0 Å². The van der Waals surface area contributed by atoms with Crippen LogP contribution in [-0.4, -0.2) is 7.05 Å². The minimum Gasteiger partial charge on any atom is -0.345 e. The van der Waals surface area contributed by atoms with Crippen LogP contribution in [0.3, 0.4) is 0 Å². The van der Waals surface area contributed by atoms with Crippen LogP contribution >= 0.6 is 0 Å². The Hall–Kier alpha value is -3.32. The predicted octanol–water partition coefficient (Wildman–Crippen LogP) is 6.69. The van der Waals surface area contributed by atoms with E-state index in [-0.39, 0.29) is 0 Å². The normalized spacial score (nSPS) is 11.7. The molecule has 130 valence electrons. The van der Waals surface area contributed by atoms with Crippen molar-refractivity contribution < 1.29 is 0 Å². The lowest BCUT2D eigenvalue weighted by Gasteiger charge is -2.20. The summed E-state index contributed by atoms with van der Waals surface area (Å²) in [5, 5.41) is 0. The summed E-state index contributed by atoms with van der Waals surface area (Å²) in [6.45, 7) is 0. The first-order valence-electron chi connectivity index (χ1n) is 9.40. The van der Waals surface area contributed by atoms with Crippen molar-refractivity contribution in [3.8, 4) is 22.3 Å². The Morgan fingerprint density at radius 2 is 1.26 bits per heavy atom. The summed E-state index contributed by atoms with van der Waals surface area (Å²) >= 11 is 0. The maximum Gasteiger partial charge on any atom is 0.0414 e. The van der Waals surface area contributed by atoms with E-state index in [2.05, 4.69) is 109 Å². The maximum absolute atomic E-state index is 2.35. The van der Waals surface area contributed by atoms with Gasteiger partial charge in [0, 0.05) is 18.4 Å². The molecule has 0 aliphatic heterocycles. The molecule has 0 atom stereocenters. The van der Waals surface area contributed by atoms with Gasteiger partial charge in [-0.15, -0.1) is 0 Å². The number of nitrogens with zero attached hydrogens (tertiary/aromatic N) is 1. The molecule has 0 fully saturated rings. The maximum atomic E-state index is 2.35. The van der Waals surface area contributed by atoms with Crippen molar-refractivity contribution in [3.05, 3.63) is 108 Å². The van der Waals surface area contributed by atoms with Crippen molar-refractivity contribution in [2.75, 3.05) is 11.9 Å². The van der Waals surface area contributed by atoms with Gasteiger partial charge in [-0.1, -0.05) is 66.7 Å². The van der Waals surface area contributed by atoms with Crippen LogP contribution < -0.4 is 4.90 Å². The smallest absolute Gasteiger partial charge is 0.0414 e. The number of hydrogen-bond donors (Lipinski definition) is 0. The quantitative estimate of drug-likeness (QED) is 0.351. The van der Waals surface area contributed by atoms with Crippen LogP contribution in [0, 0.1) is 0 Å². The molecule has 0 radical (unpaired) electrons. The molecule has 27 heavy (non-hydrogen) atoms. The van der Waals surface area contributed by atoms with Gasteiger partial charge in [-0.3, -0.25) is 0 Å². The summed E-state index contributed by atoms with van der Waals surface area (Å²) in [4.78, 5) is 2.23.